The molecule has 6 heteroatoms. The summed E-state index contributed by atoms with van der Waals surface area (Å²) >= 11 is 3.63. The Labute approximate surface area is 73.4 Å². The van der Waals surface area contributed by atoms with E-state index in [1.54, 1.807) is 0 Å². The van der Waals surface area contributed by atoms with Gasteiger partial charge in [-0.05, 0) is 0 Å². The Morgan fingerprint density at radius 2 is 2.18 bits per heavy atom. The van der Waals surface area contributed by atoms with Crippen LogP contribution in [0.3, 0.4) is 0 Å². The number of thiazole rings is 1. The summed E-state index contributed by atoms with van der Waals surface area (Å²) in [7, 11) is 0. The SMILES string of the molecule is FC(F)(F)c1nc(CBr)cs1. The van der Waals surface area contributed by atoms with E-state index >= 15 is 0 Å². The smallest absolute Gasteiger partial charge is 0.236 e. The van der Waals surface area contributed by atoms with E-state index in [2.05, 4.69) is 20.9 Å². The minimum absolute atomic E-state index is 0.361. The number of nitrogens with zero attached hydrogens (tertiary/aromatic N) is 1. The van der Waals surface area contributed by atoms with Gasteiger partial charge in [-0.15, -0.1) is 11.3 Å². The zero-order valence-corrected chi connectivity index (χ0v) is 7.55. The van der Waals surface area contributed by atoms with Crippen LogP contribution < -0.4 is 0 Å². The maximum Gasteiger partial charge on any atom is 0.443 e. The molecular weight excluding hydrogens is 243 g/mol. The van der Waals surface area contributed by atoms with E-state index in [0.29, 0.717) is 22.4 Å². The second kappa shape index (κ2) is 3.10. The van der Waals surface area contributed by atoms with Crippen LogP contribution in [-0.4, -0.2) is 4.98 Å². The molecule has 0 amide bonds. The summed E-state index contributed by atoms with van der Waals surface area (Å²) in [5, 5.41) is 0.962. The molecule has 0 aliphatic rings. The Hall–Kier alpha value is -0.100. The minimum Gasteiger partial charge on any atom is -0.236 e. The van der Waals surface area contributed by atoms with Crippen LogP contribution in [0.2, 0.25) is 0 Å². The number of aromatic nitrogens is 1. The largest absolute Gasteiger partial charge is 0.443 e. The molecule has 0 unspecified atom stereocenters. The Balaban J connectivity index is 2.89. The molecule has 1 heterocycles. The third-order valence-corrected chi connectivity index (χ3v) is 2.44. The van der Waals surface area contributed by atoms with Crippen LogP contribution in [0.5, 0.6) is 0 Å². The van der Waals surface area contributed by atoms with Gasteiger partial charge in [-0.3, -0.25) is 0 Å². The lowest BCUT2D eigenvalue weighted by atomic mass is 10.6. The van der Waals surface area contributed by atoms with E-state index in [4.69, 9.17) is 0 Å². The highest BCUT2D eigenvalue weighted by Crippen LogP contribution is 2.31. The topological polar surface area (TPSA) is 12.9 Å². The van der Waals surface area contributed by atoms with Crippen LogP contribution in [0.25, 0.3) is 0 Å². The van der Waals surface area contributed by atoms with E-state index in [1.165, 1.54) is 5.38 Å². The fourth-order valence-corrected chi connectivity index (χ4v) is 1.69. The third kappa shape index (κ3) is 2.16. The van der Waals surface area contributed by atoms with Gasteiger partial charge < -0.3 is 0 Å². The Morgan fingerprint density at radius 3 is 2.45 bits per heavy atom. The predicted molar refractivity (Wildman–Crippen MR) is 39.7 cm³/mol. The molecule has 1 aromatic rings. The first kappa shape index (κ1) is 8.99. The van der Waals surface area contributed by atoms with Crippen molar-refractivity contribution >= 4 is 27.3 Å². The minimum atomic E-state index is -4.30. The molecule has 0 spiro atoms. The van der Waals surface area contributed by atoms with Crippen LogP contribution in [0, 0.1) is 0 Å². The van der Waals surface area contributed by atoms with Crippen molar-refractivity contribution < 1.29 is 13.2 Å². The Morgan fingerprint density at radius 1 is 1.55 bits per heavy atom. The van der Waals surface area contributed by atoms with Crippen molar-refractivity contribution in [3.05, 3.63) is 16.1 Å². The molecule has 11 heavy (non-hydrogen) atoms. The van der Waals surface area contributed by atoms with Gasteiger partial charge in [0.2, 0.25) is 0 Å². The van der Waals surface area contributed by atoms with Crippen LogP contribution in [-0.2, 0) is 11.5 Å². The molecular formula is C5H3BrF3NS. The third-order valence-electron chi connectivity index (χ3n) is 0.931. The molecule has 1 aromatic heterocycles. The average Bonchev–Trinajstić information content (AvgIpc) is 2.32. The Bertz CT molecular complexity index is 244. The number of halogens is 4. The van der Waals surface area contributed by atoms with Crippen LogP contribution in [0.4, 0.5) is 13.2 Å². The highest BCUT2D eigenvalue weighted by atomic mass is 79.9. The van der Waals surface area contributed by atoms with Gasteiger partial charge >= 0.3 is 6.18 Å². The summed E-state index contributed by atoms with van der Waals surface area (Å²) in [6.07, 6.45) is -4.30. The summed E-state index contributed by atoms with van der Waals surface area (Å²) in [4.78, 5) is 3.35. The van der Waals surface area contributed by atoms with Crippen LogP contribution >= 0.6 is 27.3 Å². The van der Waals surface area contributed by atoms with Gasteiger partial charge in [-0.1, -0.05) is 15.9 Å². The zero-order chi connectivity index (χ0) is 8.48. The van der Waals surface area contributed by atoms with Crippen molar-refractivity contribution in [3.63, 3.8) is 0 Å². The zero-order valence-electron chi connectivity index (χ0n) is 5.15. The van der Waals surface area contributed by atoms with Gasteiger partial charge in [0.25, 0.3) is 0 Å². The predicted octanol–water partition coefficient (Wildman–Crippen LogP) is 3.06. The molecule has 0 saturated carbocycles. The van der Waals surface area contributed by atoms with Crippen molar-refractivity contribution in [1.29, 1.82) is 0 Å². The van der Waals surface area contributed by atoms with E-state index in [0.717, 1.165) is 0 Å². The van der Waals surface area contributed by atoms with Crippen LogP contribution in [0.1, 0.15) is 10.7 Å². The highest BCUT2D eigenvalue weighted by Gasteiger charge is 2.34. The molecule has 62 valence electrons. The van der Waals surface area contributed by atoms with Crippen LogP contribution in [0.15, 0.2) is 5.38 Å². The van der Waals surface area contributed by atoms with Gasteiger partial charge in [-0.2, -0.15) is 13.2 Å². The summed E-state index contributed by atoms with van der Waals surface area (Å²) in [5.74, 6) is 0. The van der Waals surface area contributed by atoms with E-state index in [9.17, 15) is 13.2 Å². The van der Waals surface area contributed by atoms with Gasteiger partial charge in [0.15, 0.2) is 5.01 Å². The molecule has 0 radical (unpaired) electrons. The van der Waals surface area contributed by atoms with E-state index in [-0.39, 0.29) is 0 Å². The summed E-state index contributed by atoms with van der Waals surface area (Å²) in [6.45, 7) is 0. The van der Waals surface area contributed by atoms with Crippen molar-refractivity contribution in [2.75, 3.05) is 0 Å². The van der Waals surface area contributed by atoms with Gasteiger partial charge in [0, 0.05) is 10.7 Å². The van der Waals surface area contributed by atoms with Gasteiger partial charge in [-0.25, -0.2) is 4.98 Å². The van der Waals surface area contributed by atoms with E-state index < -0.39 is 11.2 Å². The maximum absolute atomic E-state index is 11.9. The van der Waals surface area contributed by atoms with Crippen molar-refractivity contribution in [2.45, 2.75) is 11.5 Å². The second-order valence-corrected chi connectivity index (χ2v) is 3.19. The lowest BCUT2D eigenvalue weighted by molar-refractivity contribution is -0.137. The van der Waals surface area contributed by atoms with Crippen molar-refractivity contribution in [2.24, 2.45) is 0 Å². The van der Waals surface area contributed by atoms with Crippen molar-refractivity contribution in [1.82, 2.24) is 4.98 Å². The normalized spacial score (nSPS) is 12.0. The lowest BCUT2D eigenvalue weighted by Crippen LogP contribution is -2.03. The van der Waals surface area contributed by atoms with E-state index in [1.807, 2.05) is 0 Å². The monoisotopic (exact) mass is 245 g/mol. The number of alkyl halides is 4. The fraction of sp³-hybridized carbons (Fsp3) is 0.400. The second-order valence-electron chi connectivity index (χ2n) is 1.78. The Kier molecular flexibility index (Phi) is 2.54. The molecule has 0 saturated heterocycles. The van der Waals surface area contributed by atoms with Gasteiger partial charge in [0.1, 0.15) is 0 Å². The molecule has 0 N–H and O–H groups in total. The first-order valence-electron chi connectivity index (χ1n) is 2.61. The standard InChI is InChI=1S/C5H3BrF3NS/c6-1-3-2-11-4(10-3)5(7,8)9/h2H,1H2. The molecule has 0 aliphatic heterocycles. The average molecular weight is 246 g/mol. The number of rotatable bonds is 1. The number of hydrogen-bond donors (Lipinski definition) is 0. The number of hydrogen-bond acceptors (Lipinski definition) is 2. The summed E-state index contributed by atoms with van der Waals surface area (Å²) in [5.41, 5.74) is 0.419. The molecule has 1 nitrogen and oxygen atoms in total. The summed E-state index contributed by atoms with van der Waals surface area (Å²) in [6, 6.07) is 0. The first-order chi connectivity index (χ1) is 5.04. The molecule has 0 aliphatic carbocycles. The molecule has 0 aromatic carbocycles. The van der Waals surface area contributed by atoms with Crippen molar-refractivity contribution in [3.8, 4) is 0 Å². The molecule has 0 fully saturated rings. The summed E-state index contributed by atoms with van der Waals surface area (Å²) < 4.78 is 35.6. The quantitative estimate of drug-likeness (QED) is 0.694. The highest BCUT2D eigenvalue weighted by molar-refractivity contribution is 9.08. The maximum atomic E-state index is 11.9. The fourth-order valence-electron chi connectivity index (χ4n) is 0.499. The van der Waals surface area contributed by atoms with Gasteiger partial charge in [0.05, 0.1) is 5.69 Å². The molecule has 1 rings (SSSR count). The first-order valence-corrected chi connectivity index (χ1v) is 4.61. The molecule has 0 atom stereocenters. The molecule has 0 bridgehead atoms. The lowest BCUT2D eigenvalue weighted by Gasteiger charge is -1.98.